The van der Waals surface area contributed by atoms with Gasteiger partial charge in [0, 0.05) is 18.9 Å². The van der Waals surface area contributed by atoms with Crippen molar-refractivity contribution < 1.29 is 8.42 Å². The molecule has 1 aromatic carbocycles. The van der Waals surface area contributed by atoms with E-state index in [1.807, 2.05) is 36.4 Å². The number of allylic oxidation sites excluding steroid dienone is 5. The molecule has 0 bridgehead atoms. The summed E-state index contributed by atoms with van der Waals surface area (Å²) >= 11 is 0. The molecule has 4 heteroatoms. The van der Waals surface area contributed by atoms with Crippen LogP contribution in [0.15, 0.2) is 59.3 Å². The van der Waals surface area contributed by atoms with Crippen molar-refractivity contribution in [3.63, 3.8) is 0 Å². The topological polar surface area (TPSA) is 46.5 Å². The zero-order chi connectivity index (χ0) is 14.2. The number of nitrogens with zero attached hydrogens (tertiary/aromatic N) is 1. The molecule has 1 aliphatic carbocycles. The van der Waals surface area contributed by atoms with Gasteiger partial charge in [-0.05, 0) is 28.3 Å². The fourth-order valence-corrected chi connectivity index (χ4v) is 3.35. The van der Waals surface area contributed by atoms with Gasteiger partial charge in [-0.1, -0.05) is 36.4 Å². The van der Waals surface area contributed by atoms with Crippen molar-refractivity contribution in [1.82, 2.24) is 0 Å². The van der Waals surface area contributed by atoms with Crippen molar-refractivity contribution in [3.05, 3.63) is 65.4 Å². The monoisotopic (exact) mass is 285 g/mol. The lowest BCUT2D eigenvalue weighted by molar-refractivity contribution is 0.601. The molecule has 1 aliphatic heterocycles. The Labute approximate surface area is 119 Å². The van der Waals surface area contributed by atoms with Crippen LogP contribution in [0.4, 0.5) is 0 Å². The maximum atomic E-state index is 11.6. The second-order valence-electron chi connectivity index (χ2n) is 5.11. The third-order valence-electron chi connectivity index (χ3n) is 3.42. The Bertz CT molecular complexity index is 780. The lowest BCUT2D eigenvalue weighted by Gasteiger charge is -2.16. The summed E-state index contributed by atoms with van der Waals surface area (Å²) in [5, 5.41) is 0. The Kier molecular flexibility index (Phi) is 3.18. The molecule has 1 heterocycles. The standard InChI is InChI=1S/C16H15NO2S/c1-20(18,19)11-14-4-2-3-5-15(14)13-7-6-12-8-9-17-16(12)10-13/h2-9H,10-11H2,1H3. The molecule has 1 aromatic rings. The van der Waals surface area contributed by atoms with Gasteiger partial charge in [0.1, 0.15) is 0 Å². The van der Waals surface area contributed by atoms with E-state index in [1.54, 1.807) is 6.20 Å². The highest BCUT2D eigenvalue weighted by molar-refractivity contribution is 7.89. The van der Waals surface area contributed by atoms with E-state index in [0.717, 1.165) is 34.4 Å². The SMILES string of the molecule is CS(=O)(=O)Cc1ccccc1C1=CC=C2C=CN=C2C1. The van der Waals surface area contributed by atoms with Crippen molar-refractivity contribution in [2.24, 2.45) is 4.99 Å². The lowest BCUT2D eigenvalue weighted by atomic mass is 9.90. The Hall–Kier alpha value is -1.94. The molecule has 3 rings (SSSR count). The smallest absolute Gasteiger partial charge is 0.151 e. The van der Waals surface area contributed by atoms with Crippen LogP contribution in [0.2, 0.25) is 0 Å². The molecule has 0 radical (unpaired) electrons. The van der Waals surface area contributed by atoms with E-state index < -0.39 is 9.84 Å². The quantitative estimate of drug-likeness (QED) is 0.857. The van der Waals surface area contributed by atoms with Gasteiger partial charge < -0.3 is 0 Å². The molecule has 0 aromatic heterocycles. The molecule has 102 valence electrons. The summed E-state index contributed by atoms with van der Waals surface area (Å²) in [5.41, 5.74) is 5.17. The van der Waals surface area contributed by atoms with Gasteiger partial charge in [0.15, 0.2) is 9.84 Å². The minimum Gasteiger partial charge on any atom is -0.260 e. The average Bonchev–Trinajstić information content (AvgIpc) is 2.84. The fraction of sp³-hybridized carbons (Fsp3) is 0.188. The number of benzene rings is 1. The minimum absolute atomic E-state index is 0.0712. The Morgan fingerprint density at radius 1 is 1.20 bits per heavy atom. The van der Waals surface area contributed by atoms with Gasteiger partial charge in [-0.3, -0.25) is 4.99 Å². The van der Waals surface area contributed by atoms with Crippen LogP contribution in [0.1, 0.15) is 17.5 Å². The van der Waals surface area contributed by atoms with Crippen molar-refractivity contribution in [1.29, 1.82) is 0 Å². The van der Waals surface area contributed by atoms with Gasteiger partial charge in [0.25, 0.3) is 0 Å². The summed E-state index contributed by atoms with van der Waals surface area (Å²) in [6.45, 7) is 0. The predicted molar refractivity (Wildman–Crippen MR) is 82.2 cm³/mol. The second-order valence-corrected chi connectivity index (χ2v) is 7.25. The fourth-order valence-electron chi connectivity index (χ4n) is 2.53. The zero-order valence-electron chi connectivity index (χ0n) is 11.2. The highest BCUT2D eigenvalue weighted by Crippen LogP contribution is 2.30. The number of aliphatic imine (C=N–C) groups is 1. The number of sulfone groups is 1. The third-order valence-corrected chi connectivity index (χ3v) is 4.26. The first-order chi connectivity index (χ1) is 9.53. The van der Waals surface area contributed by atoms with Gasteiger partial charge in [-0.2, -0.15) is 0 Å². The van der Waals surface area contributed by atoms with E-state index in [0.29, 0.717) is 0 Å². The van der Waals surface area contributed by atoms with Crippen LogP contribution in [0, 0.1) is 0 Å². The predicted octanol–water partition coefficient (Wildman–Crippen LogP) is 2.91. The van der Waals surface area contributed by atoms with Crippen molar-refractivity contribution in [2.45, 2.75) is 12.2 Å². The van der Waals surface area contributed by atoms with Gasteiger partial charge in [0.05, 0.1) is 11.5 Å². The van der Waals surface area contributed by atoms with Crippen molar-refractivity contribution in [3.8, 4) is 0 Å². The number of hydrogen-bond acceptors (Lipinski definition) is 3. The zero-order valence-corrected chi connectivity index (χ0v) is 12.0. The first-order valence-corrected chi connectivity index (χ1v) is 8.49. The van der Waals surface area contributed by atoms with E-state index in [2.05, 4.69) is 11.1 Å². The largest absolute Gasteiger partial charge is 0.260 e. The third kappa shape index (κ3) is 2.65. The second kappa shape index (κ2) is 4.87. The minimum atomic E-state index is -3.04. The van der Waals surface area contributed by atoms with Gasteiger partial charge in [-0.15, -0.1) is 0 Å². The van der Waals surface area contributed by atoms with E-state index in [-0.39, 0.29) is 5.75 Å². The highest BCUT2D eigenvalue weighted by Gasteiger charge is 2.18. The number of fused-ring (bicyclic) bond motifs is 1. The molecule has 0 saturated heterocycles. The van der Waals surface area contributed by atoms with Crippen LogP contribution in [0.3, 0.4) is 0 Å². The summed E-state index contributed by atoms with van der Waals surface area (Å²) < 4.78 is 23.1. The van der Waals surface area contributed by atoms with E-state index in [4.69, 9.17) is 0 Å². The maximum Gasteiger partial charge on any atom is 0.151 e. The average molecular weight is 285 g/mol. The molecule has 0 atom stereocenters. The van der Waals surface area contributed by atoms with Crippen LogP contribution in [0.25, 0.3) is 5.57 Å². The normalized spacial score (nSPS) is 17.4. The summed E-state index contributed by atoms with van der Waals surface area (Å²) in [4.78, 5) is 4.35. The van der Waals surface area contributed by atoms with Crippen molar-refractivity contribution >= 4 is 21.1 Å². The van der Waals surface area contributed by atoms with Gasteiger partial charge >= 0.3 is 0 Å². The molecule has 0 unspecified atom stereocenters. The van der Waals surface area contributed by atoms with Crippen molar-refractivity contribution in [2.75, 3.05) is 6.26 Å². The van der Waals surface area contributed by atoms with E-state index in [1.165, 1.54) is 6.26 Å². The Morgan fingerprint density at radius 3 is 2.80 bits per heavy atom. The lowest BCUT2D eigenvalue weighted by Crippen LogP contribution is -2.07. The molecule has 0 N–H and O–H groups in total. The van der Waals surface area contributed by atoms with Crippen LogP contribution in [0.5, 0.6) is 0 Å². The molecule has 0 saturated carbocycles. The molecule has 0 fully saturated rings. The van der Waals surface area contributed by atoms with E-state index in [9.17, 15) is 8.42 Å². The molecule has 2 aliphatic rings. The Balaban J connectivity index is 2.00. The Morgan fingerprint density at radius 2 is 2.00 bits per heavy atom. The van der Waals surface area contributed by atoms with E-state index >= 15 is 0 Å². The van der Waals surface area contributed by atoms with Crippen LogP contribution < -0.4 is 0 Å². The summed E-state index contributed by atoms with van der Waals surface area (Å²) in [5.74, 6) is 0.0712. The first kappa shape index (κ1) is 13.1. The molecular weight excluding hydrogens is 270 g/mol. The molecular formula is C16H15NO2S. The van der Waals surface area contributed by atoms with Crippen LogP contribution in [-0.2, 0) is 15.6 Å². The summed E-state index contributed by atoms with van der Waals surface area (Å²) in [6.07, 6.45) is 9.91. The number of rotatable bonds is 3. The molecule has 0 spiro atoms. The molecule has 3 nitrogen and oxygen atoms in total. The molecule has 0 amide bonds. The van der Waals surface area contributed by atoms with Crippen LogP contribution >= 0.6 is 0 Å². The number of hydrogen-bond donors (Lipinski definition) is 0. The highest BCUT2D eigenvalue weighted by atomic mass is 32.2. The first-order valence-electron chi connectivity index (χ1n) is 6.43. The van der Waals surface area contributed by atoms with Crippen LogP contribution in [-0.4, -0.2) is 20.4 Å². The van der Waals surface area contributed by atoms with Gasteiger partial charge in [-0.25, -0.2) is 8.42 Å². The summed E-state index contributed by atoms with van der Waals surface area (Å²) in [6, 6.07) is 7.68. The van der Waals surface area contributed by atoms with Gasteiger partial charge in [0.2, 0.25) is 0 Å². The maximum absolute atomic E-state index is 11.6. The molecule has 20 heavy (non-hydrogen) atoms. The summed E-state index contributed by atoms with van der Waals surface area (Å²) in [7, 11) is -3.04.